The SMILES string of the molecule is CCNc1nc(C2CC2)nc(-c2cscc2Br)c1C. The molecule has 3 nitrogen and oxygen atoms in total. The Morgan fingerprint density at radius 1 is 1.37 bits per heavy atom. The molecular formula is C14H16BrN3S. The fraction of sp³-hybridized carbons (Fsp3) is 0.429. The van der Waals surface area contributed by atoms with Crippen LogP contribution in [0.4, 0.5) is 5.82 Å². The summed E-state index contributed by atoms with van der Waals surface area (Å²) in [5.41, 5.74) is 3.36. The Labute approximate surface area is 125 Å². The Bertz CT molecular complexity index is 605. The minimum Gasteiger partial charge on any atom is -0.370 e. The molecule has 5 heteroatoms. The minimum atomic E-state index is 0.564. The average molecular weight is 338 g/mol. The lowest BCUT2D eigenvalue weighted by atomic mass is 10.1. The zero-order valence-electron chi connectivity index (χ0n) is 11.0. The third kappa shape index (κ3) is 2.54. The number of anilines is 1. The Morgan fingerprint density at radius 2 is 2.16 bits per heavy atom. The first kappa shape index (κ1) is 13.1. The topological polar surface area (TPSA) is 37.8 Å². The maximum Gasteiger partial charge on any atom is 0.134 e. The lowest BCUT2D eigenvalue weighted by molar-refractivity contribution is 0.918. The summed E-state index contributed by atoms with van der Waals surface area (Å²) in [6.07, 6.45) is 2.44. The van der Waals surface area contributed by atoms with Gasteiger partial charge in [0.05, 0.1) is 5.69 Å². The Kier molecular flexibility index (Phi) is 3.58. The molecule has 1 N–H and O–H groups in total. The highest BCUT2D eigenvalue weighted by Crippen LogP contribution is 2.41. The van der Waals surface area contributed by atoms with E-state index in [2.05, 4.69) is 45.9 Å². The second kappa shape index (κ2) is 5.21. The molecular weight excluding hydrogens is 322 g/mol. The number of hydrogen-bond donors (Lipinski definition) is 1. The summed E-state index contributed by atoms with van der Waals surface area (Å²) in [5.74, 6) is 2.54. The van der Waals surface area contributed by atoms with E-state index in [1.54, 1.807) is 11.3 Å². The standard InChI is InChI=1S/C14H16BrN3S/c1-3-16-13-8(2)12(10-6-19-7-11(10)15)17-14(18-13)9-4-5-9/h6-7,9H,3-5H2,1-2H3,(H,16,17,18). The fourth-order valence-electron chi connectivity index (χ4n) is 2.11. The van der Waals surface area contributed by atoms with E-state index in [4.69, 9.17) is 9.97 Å². The first-order valence-corrected chi connectivity index (χ1v) is 8.28. The summed E-state index contributed by atoms with van der Waals surface area (Å²) < 4.78 is 1.11. The molecule has 2 aromatic rings. The van der Waals surface area contributed by atoms with Gasteiger partial charge in [0.15, 0.2) is 0 Å². The van der Waals surface area contributed by atoms with E-state index in [1.807, 2.05) is 0 Å². The molecule has 0 bridgehead atoms. The highest BCUT2D eigenvalue weighted by molar-refractivity contribution is 9.10. The van der Waals surface area contributed by atoms with Gasteiger partial charge in [-0.05, 0) is 42.6 Å². The van der Waals surface area contributed by atoms with Crippen LogP contribution in [0, 0.1) is 6.92 Å². The van der Waals surface area contributed by atoms with Crippen molar-refractivity contribution in [3.63, 3.8) is 0 Å². The van der Waals surface area contributed by atoms with Crippen molar-refractivity contribution in [2.45, 2.75) is 32.6 Å². The highest BCUT2D eigenvalue weighted by Gasteiger charge is 2.28. The van der Waals surface area contributed by atoms with Crippen LogP contribution < -0.4 is 5.32 Å². The van der Waals surface area contributed by atoms with E-state index in [1.165, 1.54) is 18.4 Å². The number of aromatic nitrogens is 2. The van der Waals surface area contributed by atoms with E-state index >= 15 is 0 Å². The average Bonchev–Trinajstić information content (AvgIpc) is 3.15. The molecule has 3 rings (SSSR count). The summed E-state index contributed by atoms with van der Waals surface area (Å²) in [7, 11) is 0. The van der Waals surface area contributed by atoms with Gasteiger partial charge in [-0.1, -0.05) is 0 Å². The number of thiophene rings is 1. The summed E-state index contributed by atoms with van der Waals surface area (Å²) >= 11 is 5.30. The monoisotopic (exact) mass is 337 g/mol. The second-order valence-corrected chi connectivity index (χ2v) is 6.44. The van der Waals surface area contributed by atoms with Crippen molar-refractivity contribution in [1.29, 1.82) is 0 Å². The van der Waals surface area contributed by atoms with E-state index in [9.17, 15) is 0 Å². The third-order valence-electron chi connectivity index (χ3n) is 3.32. The maximum atomic E-state index is 4.81. The molecule has 1 aliphatic rings. The van der Waals surface area contributed by atoms with Crippen LogP contribution in [0.1, 0.15) is 37.1 Å². The van der Waals surface area contributed by atoms with Gasteiger partial charge in [0.2, 0.25) is 0 Å². The summed E-state index contributed by atoms with van der Waals surface area (Å²) in [5, 5.41) is 7.60. The van der Waals surface area contributed by atoms with Crippen LogP contribution in [0.2, 0.25) is 0 Å². The molecule has 2 heterocycles. The molecule has 0 radical (unpaired) electrons. The van der Waals surface area contributed by atoms with Crippen LogP contribution >= 0.6 is 27.3 Å². The largest absolute Gasteiger partial charge is 0.370 e. The molecule has 0 atom stereocenters. The van der Waals surface area contributed by atoms with Crippen LogP contribution in [-0.4, -0.2) is 16.5 Å². The molecule has 19 heavy (non-hydrogen) atoms. The Morgan fingerprint density at radius 3 is 2.74 bits per heavy atom. The van der Waals surface area contributed by atoms with Crippen molar-refractivity contribution in [3.8, 4) is 11.3 Å². The fourth-order valence-corrected chi connectivity index (χ4v) is 3.58. The molecule has 0 amide bonds. The van der Waals surface area contributed by atoms with Gasteiger partial charge in [-0.2, -0.15) is 11.3 Å². The van der Waals surface area contributed by atoms with E-state index in [0.29, 0.717) is 5.92 Å². The predicted molar refractivity (Wildman–Crippen MR) is 83.9 cm³/mol. The van der Waals surface area contributed by atoms with Gasteiger partial charge in [-0.3, -0.25) is 0 Å². The first-order valence-electron chi connectivity index (χ1n) is 6.55. The van der Waals surface area contributed by atoms with Gasteiger partial charge in [-0.15, -0.1) is 0 Å². The highest BCUT2D eigenvalue weighted by atomic mass is 79.9. The number of rotatable bonds is 4. The second-order valence-electron chi connectivity index (χ2n) is 4.84. The molecule has 0 aliphatic heterocycles. The van der Waals surface area contributed by atoms with E-state index in [-0.39, 0.29) is 0 Å². The lowest BCUT2D eigenvalue weighted by Crippen LogP contribution is -2.07. The zero-order valence-corrected chi connectivity index (χ0v) is 13.4. The predicted octanol–water partition coefficient (Wildman–Crippen LogP) is 4.59. The third-order valence-corrected chi connectivity index (χ3v) is 5.02. The van der Waals surface area contributed by atoms with Gasteiger partial charge in [0, 0.05) is 38.8 Å². The number of nitrogens with zero attached hydrogens (tertiary/aromatic N) is 2. The van der Waals surface area contributed by atoms with E-state index < -0.39 is 0 Å². The summed E-state index contributed by atoms with van der Waals surface area (Å²) in [4.78, 5) is 9.50. The molecule has 2 aromatic heterocycles. The van der Waals surface area contributed by atoms with Gasteiger partial charge in [0.1, 0.15) is 11.6 Å². The van der Waals surface area contributed by atoms with Crippen molar-refractivity contribution in [2.24, 2.45) is 0 Å². The molecule has 1 aliphatic carbocycles. The summed E-state index contributed by atoms with van der Waals surface area (Å²) in [6.45, 7) is 5.07. The molecule has 1 fully saturated rings. The number of hydrogen-bond acceptors (Lipinski definition) is 4. The molecule has 0 aromatic carbocycles. The van der Waals surface area contributed by atoms with Crippen LogP contribution in [0.3, 0.4) is 0 Å². The van der Waals surface area contributed by atoms with E-state index in [0.717, 1.165) is 33.9 Å². The van der Waals surface area contributed by atoms with Crippen molar-refractivity contribution >= 4 is 33.1 Å². The molecule has 100 valence electrons. The van der Waals surface area contributed by atoms with Crippen LogP contribution in [0.15, 0.2) is 15.2 Å². The van der Waals surface area contributed by atoms with Gasteiger partial charge >= 0.3 is 0 Å². The Hall–Kier alpha value is -0.940. The first-order chi connectivity index (χ1) is 9.20. The number of nitrogens with one attached hydrogen (secondary N) is 1. The van der Waals surface area contributed by atoms with Gasteiger partial charge in [-0.25, -0.2) is 9.97 Å². The van der Waals surface area contributed by atoms with Crippen molar-refractivity contribution < 1.29 is 0 Å². The van der Waals surface area contributed by atoms with Crippen LogP contribution in [0.5, 0.6) is 0 Å². The van der Waals surface area contributed by atoms with Crippen LogP contribution in [-0.2, 0) is 0 Å². The summed E-state index contributed by atoms with van der Waals surface area (Å²) in [6, 6.07) is 0. The Balaban J connectivity index is 2.13. The quantitative estimate of drug-likeness (QED) is 0.886. The van der Waals surface area contributed by atoms with Crippen molar-refractivity contribution in [3.05, 3.63) is 26.6 Å². The smallest absolute Gasteiger partial charge is 0.134 e. The van der Waals surface area contributed by atoms with Gasteiger partial charge in [0.25, 0.3) is 0 Å². The van der Waals surface area contributed by atoms with Crippen molar-refractivity contribution in [2.75, 3.05) is 11.9 Å². The molecule has 1 saturated carbocycles. The molecule has 0 saturated heterocycles. The minimum absolute atomic E-state index is 0.564. The zero-order chi connectivity index (χ0) is 13.4. The van der Waals surface area contributed by atoms with Crippen molar-refractivity contribution in [1.82, 2.24) is 9.97 Å². The normalized spacial score (nSPS) is 14.7. The van der Waals surface area contributed by atoms with Crippen LogP contribution in [0.25, 0.3) is 11.3 Å². The molecule has 0 spiro atoms. The lowest BCUT2D eigenvalue weighted by Gasteiger charge is -2.13. The number of halogens is 1. The van der Waals surface area contributed by atoms with Gasteiger partial charge < -0.3 is 5.32 Å². The molecule has 0 unspecified atom stereocenters. The maximum absolute atomic E-state index is 4.81.